The zero-order valence-electron chi connectivity index (χ0n) is 16.1. The summed E-state index contributed by atoms with van der Waals surface area (Å²) in [5.41, 5.74) is 2.17. The van der Waals surface area contributed by atoms with Crippen molar-refractivity contribution in [2.24, 2.45) is 5.92 Å². The molecule has 0 bridgehead atoms. The molecule has 1 aliphatic rings. The quantitative estimate of drug-likeness (QED) is 0.670. The van der Waals surface area contributed by atoms with E-state index in [1.165, 1.54) is 18.4 Å². The van der Waals surface area contributed by atoms with Crippen molar-refractivity contribution in [3.05, 3.63) is 53.7 Å². The minimum Gasteiger partial charge on any atom is -0.361 e. The first-order chi connectivity index (χ1) is 13.2. The highest BCUT2D eigenvalue weighted by atomic mass is 16.5. The lowest BCUT2D eigenvalue weighted by molar-refractivity contribution is 0.217. The van der Waals surface area contributed by atoms with Crippen molar-refractivity contribution < 1.29 is 4.52 Å². The molecule has 6 nitrogen and oxygen atoms in total. The highest BCUT2D eigenvalue weighted by molar-refractivity contribution is 5.56. The van der Waals surface area contributed by atoms with Crippen LogP contribution in [0.1, 0.15) is 36.9 Å². The minimum atomic E-state index is 0.662. The van der Waals surface area contributed by atoms with Crippen molar-refractivity contribution in [2.45, 2.75) is 39.2 Å². The fourth-order valence-electron chi connectivity index (χ4n) is 3.77. The Morgan fingerprint density at radius 1 is 1.15 bits per heavy atom. The summed E-state index contributed by atoms with van der Waals surface area (Å²) >= 11 is 0. The first-order valence-corrected chi connectivity index (χ1v) is 9.83. The van der Waals surface area contributed by atoms with Gasteiger partial charge in [-0.25, -0.2) is 9.67 Å². The molecule has 0 atom stereocenters. The van der Waals surface area contributed by atoms with Crippen molar-refractivity contribution in [3.63, 3.8) is 0 Å². The predicted octanol–water partition coefficient (Wildman–Crippen LogP) is 3.43. The molecule has 0 spiro atoms. The average molecular weight is 365 g/mol. The maximum atomic E-state index is 5.41. The number of aryl methyl sites for hydroxylation is 1. The third-order valence-electron chi connectivity index (χ3n) is 5.41. The van der Waals surface area contributed by atoms with E-state index in [9.17, 15) is 0 Å². The largest absolute Gasteiger partial charge is 0.361 e. The van der Waals surface area contributed by atoms with Crippen LogP contribution in [0.2, 0.25) is 0 Å². The average Bonchev–Trinajstić information content (AvgIpc) is 3.31. The fraction of sp³-hybridized carbons (Fsp3) is 0.476. The van der Waals surface area contributed by atoms with Crippen molar-refractivity contribution >= 4 is 0 Å². The van der Waals surface area contributed by atoms with Crippen LogP contribution in [-0.4, -0.2) is 45.0 Å². The molecule has 2 aromatic heterocycles. The van der Waals surface area contributed by atoms with Crippen LogP contribution >= 0.6 is 0 Å². The number of piperidine rings is 1. The number of aromatic nitrogens is 4. The van der Waals surface area contributed by atoms with E-state index < -0.39 is 0 Å². The van der Waals surface area contributed by atoms with Gasteiger partial charge in [0.2, 0.25) is 0 Å². The lowest BCUT2D eigenvalue weighted by atomic mass is 9.94. The van der Waals surface area contributed by atoms with E-state index in [1.54, 1.807) is 6.20 Å². The summed E-state index contributed by atoms with van der Waals surface area (Å²) in [4.78, 5) is 7.31. The minimum absolute atomic E-state index is 0.662. The van der Waals surface area contributed by atoms with Crippen LogP contribution in [0, 0.1) is 5.92 Å². The van der Waals surface area contributed by atoms with E-state index in [4.69, 9.17) is 14.6 Å². The molecular weight excluding hydrogens is 338 g/mol. The SMILES string of the molecule is CCc1oncc1-c1nc(CC2CCN(C)CC2)nn1Cc1ccccc1. The van der Waals surface area contributed by atoms with Gasteiger partial charge in [0.1, 0.15) is 5.76 Å². The van der Waals surface area contributed by atoms with Gasteiger partial charge in [-0.05, 0) is 44.5 Å². The number of hydrogen-bond donors (Lipinski definition) is 0. The standard InChI is InChI=1S/C21H27N5O/c1-3-19-18(14-22-27-19)21-23-20(13-16-9-11-25(2)12-10-16)24-26(21)15-17-7-5-4-6-8-17/h4-8,14,16H,3,9-13,15H2,1-2H3. The third-order valence-corrected chi connectivity index (χ3v) is 5.41. The van der Waals surface area contributed by atoms with Crippen LogP contribution < -0.4 is 0 Å². The molecule has 0 N–H and O–H groups in total. The Bertz CT molecular complexity index is 862. The number of benzene rings is 1. The molecule has 1 fully saturated rings. The normalized spacial score (nSPS) is 16.1. The molecule has 0 unspecified atom stereocenters. The number of rotatable bonds is 6. The lowest BCUT2D eigenvalue weighted by Gasteiger charge is -2.28. The maximum absolute atomic E-state index is 5.41. The molecule has 0 amide bonds. The number of nitrogens with zero attached hydrogens (tertiary/aromatic N) is 5. The van der Waals surface area contributed by atoms with Gasteiger partial charge in [-0.3, -0.25) is 0 Å². The fourth-order valence-corrected chi connectivity index (χ4v) is 3.77. The van der Waals surface area contributed by atoms with Gasteiger partial charge in [0, 0.05) is 12.8 Å². The smallest absolute Gasteiger partial charge is 0.163 e. The maximum Gasteiger partial charge on any atom is 0.163 e. The summed E-state index contributed by atoms with van der Waals surface area (Å²) in [6.45, 7) is 5.09. The Hall–Kier alpha value is -2.47. The molecule has 1 aliphatic heterocycles. The van der Waals surface area contributed by atoms with Gasteiger partial charge < -0.3 is 9.42 Å². The van der Waals surface area contributed by atoms with E-state index in [0.717, 1.165) is 48.9 Å². The van der Waals surface area contributed by atoms with E-state index >= 15 is 0 Å². The Morgan fingerprint density at radius 2 is 1.93 bits per heavy atom. The second-order valence-electron chi connectivity index (χ2n) is 7.46. The molecule has 0 saturated carbocycles. The van der Waals surface area contributed by atoms with Crippen molar-refractivity contribution in [2.75, 3.05) is 20.1 Å². The highest BCUT2D eigenvalue weighted by Crippen LogP contribution is 2.25. The second kappa shape index (κ2) is 8.05. The van der Waals surface area contributed by atoms with Gasteiger partial charge in [-0.1, -0.05) is 42.4 Å². The number of likely N-dealkylation sites (tertiary alicyclic amines) is 1. The topological polar surface area (TPSA) is 60.0 Å². The molecule has 4 rings (SSSR count). The van der Waals surface area contributed by atoms with Crippen LogP contribution in [0.3, 0.4) is 0 Å². The van der Waals surface area contributed by atoms with Crippen LogP contribution in [-0.2, 0) is 19.4 Å². The first-order valence-electron chi connectivity index (χ1n) is 9.83. The van der Waals surface area contributed by atoms with Gasteiger partial charge in [0.25, 0.3) is 0 Å². The van der Waals surface area contributed by atoms with Gasteiger partial charge >= 0.3 is 0 Å². The molecule has 3 heterocycles. The summed E-state index contributed by atoms with van der Waals surface area (Å²) in [7, 11) is 2.19. The summed E-state index contributed by atoms with van der Waals surface area (Å²) in [5, 5.41) is 8.86. The molecule has 1 saturated heterocycles. The van der Waals surface area contributed by atoms with Crippen LogP contribution in [0.4, 0.5) is 0 Å². The monoisotopic (exact) mass is 365 g/mol. The molecule has 6 heteroatoms. The Balaban J connectivity index is 1.62. The molecule has 3 aromatic rings. The van der Waals surface area contributed by atoms with Crippen molar-refractivity contribution in [1.82, 2.24) is 24.8 Å². The van der Waals surface area contributed by atoms with E-state index in [2.05, 4.69) is 48.3 Å². The van der Waals surface area contributed by atoms with E-state index in [0.29, 0.717) is 12.5 Å². The van der Waals surface area contributed by atoms with Crippen LogP contribution in [0.15, 0.2) is 41.1 Å². The molecule has 27 heavy (non-hydrogen) atoms. The van der Waals surface area contributed by atoms with E-state index in [-0.39, 0.29) is 0 Å². The molecule has 0 radical (unpaired) electrons. The van der Waals surface area contributed by atoms with Crippen molar-refractivity contribution in [1.29, 1.82) is 0 Å². The van der Waals surface area contributed by atoms with Crippen molar-refractivity contribution in [3.8, 4) is 11.4 Å². The second-order valence-corrected chi connectivity index (χ2v) is 7.46. The zero-order chi connectivity index (χ0) is 18.6. The Kier molecular flexibility index (Phi) is 5.34. The van der Waals surface area contributed by atoms with Gasteiger partial charge in [0.15, 0.2) is 11.6 Å². The summed E-state index contributed by atoms with van der Waals surface area (Å²) in [6, 6.07) is 10.4. The summed E-state index contributed by atoms with van der Waals surface area (Å²) in [6.07, 6.45) is 5.93. The van der Waals surface area contributed by atoms with Crippen LogP contribution in [0.25, 0.3) is 11.4 Å². The van der Waals surface area contributed by atoms with Gasteiger partial charge in [-0.2, -0.15) is 5.10 Å². The summed E-state index contributed by atoms with van der Waals surface area (Å²) in [5.74, 6) is 3.32. The molecule has 1 aromatic carbocycles. The first kappa shape index (κ1) is 17.9. The van der Waals surface area contributed by atoms with E-state index in [1.807, 2.05) is 10.7 Å². The summed E-state index contributed by atoms with van der Waals surface area (Å²) < 4.78 is 7.41. The lowest BCUT2D eigenvalue weighted by Crippen LogP contribution is -2.31. The Labute approximate surface area is 160 Å². The Morgan fingerprint density at radius 3 is 2.67 bits per heavy atom. The van der Waals surface area contributed by atoms with Gasteiger partial charge in [-0.15, -0.1) is 0 Å². The highest BCUT2D eigenvalue weighted by Gasteiger charge is 2.22. The zero-order valence-corrected chi connectivity index (χ0v) is 16.1. The third kappa shape index (κ3) is 4.11. The predicted molar refractivity (Wildman–Crippen MR) is 104 cm³/mol. The number of hydrogen-bond acceptors (Lipinski definition) is 5. The van der Waals surface area contributed by atoms with Crippen LogP contribution in [0.5, 0.6) is 0 Å². The molecule has 142 valence electrons. The molecule has 0 aliphatic carbocycles. The van der Waals surface area contributed by atoms with Gasteiger partial charge in [0.05, 0.1) is 18.3 Å². The molecular formula is C21H27N5O.